The average Bonchev–Trinajstić information content (AvgIpc) is 2.80. The van der Waals surface area contributed by atoms with Crippen molar-refractivity contribution >= 4 is 23.0 Å². The first-order valence-electron chi connectivity index (χ1n) is 10.8. The minimum absolute atomic E-state index is 0.148. The number of anilines is 3. The number of aromatic amines is 1. The number of hydrogen-bond acceptors (Lipinski definition) is 4. The molecule has 2 aliphatic rings. The van der Waals surface area contributed by atoms with Crippen molar-refractivity contribution in [3.63, 3.8) is 0 Å². The van der Waals surface area contributed by atoms with E-state index >= 15 is 0 Å². The Balaban J connectivity index is 1.81. The van der Waals surface area contributed by atoms with Crippen LogP contribution in [0.3, 0.4) is 0 Å². The highest BCUT2D eigenvalue weighted by Gasteiger charge is 2.40. The van der Waals surface area contributed by atoms with E-state index in [1.807, 2.05) is 0 Å². The number of hydrogen-bond donors (Lipinski definition) is 2. The number of benzene rings is 2. The largest absolute Gasteiger partial charge is 0.419 e. The van der Waals surface area contributed by atoms with Gasteiger partial charge < -0.3 is 15.2 Å². The lowest BCUT2D eigenvalue weighted by atomic mass is 9.99. The molecule has 35 heavy (non-hydrogen) atoms. The molecule has 1 amide bonds. The minimum atomic E-state index is -4.99. The highest BCUT2D eigenvalue weighted by molar-refractivity contribution is 6.13. The number of nitrogens with zero attached hydrogens (tertiary/aromatic N) is 2. The molecule has 0 radical (unpaired) electrons. The summed E-state index contributed by atoms with van der Waals surface area (Å²) in [6, 6.07) is 7.30. The maximum absolute atomic E-state index is 14.6. The van der Waals surface area contributed by atoms with Crippen LogP contribution in [0.5, 0.6) is 0 Å². The molecule has 0 saturated heterocycles. The average molecular weight is 490 g/mol. The van der Waals surface area contributed by atoms with E-state index in [4.69, 9.17) is 0 Å². The number of pyridine rings is 1. The lowest BCUT2D eigenvalue weighted by Gasteiger charge is -2.40. The number of rotatable bonds is 0. The minimum Gasteiger partial charge on any atom is -0.324 e. The fourth-order valence-corrected chi connectivity index (χ4v) is 4.59. The maximum Gasteiger partial charge on any atom is 0.419 e. The fourth-order valence-electron chi connectivity index (χ4n) is 4.59. The van der Waals surface area contributed by atoms with E-state index in [0.29, 0.717) is 47.7 Å². The SMILES string of the molecule is CC1NCCc2[nH]c(=O)ccc2N2CN(c3cc(C(F)(F)F)c(F)cc3C2=O)c2ccc(F)cc21. The molecule has 1 atom stereocenters. The van der Waals surface area contributed by atoms with Gasteiger partial charge in [0.2, 0.25) is 5.56 Å². The Kier molecular flexibility index (Phi) is 5.39. The van der Waals surface area contributed by atoms with Crippen molar-refractivity contribution in [1.29, 1.82) is 0 Å². The summed E-state index contributed by atoms with van der Waals surface area (Å²) < 4.78 is 69.4. The summed E-state index contributed by atoms with van der Waals surface area (Å²) in [5, 5.41) is 3.22. The van der Waals surface area contributed by atoms with Gasteiger partial charge in [0, 0.05) is 36.5 Å². The molecule has 182 valence electrons. The molecule has 2 aromatic carbocycles. The zero-order chi connectivity index (χ0) is 25.1. The van der Waals surface area contributed by atoms with Gasteiger partial charge in [-0.2, -0.15) is 13.2 Å². The standard InChI is InChI=1S/C24H19F5N4O2/c1-12-14-8-13(25)2-3-19(14)32-11-33(20-4-5-22(34)31-18(20)6-7-30-12)23(35)15-9-17(26)16(10-21(15)32)24(27,28)29/h2-5,8-10,12,30H,6-7,11H2,1H3,(H,31,34). The second-order valence-electron chi connectivity index (χ2n) is 8.46. The summed E-state index contributed by atoms with van der Waals surface area (Å²) in [6.45, 7) is 1.88. The van der Waals surface area contributed by atoms with Crippen molar-refractivity contribution in [2.75, 3.05) is 23.0 Å². The molecule has 3 aromatic rings. The monoisotopic (exact) mass is 490 g/mol. The third kappa shape index (κ3) is 3.95. The first kappa shape index (κ1) is 23.0. The van der Waals surface area contributed by atoms with Gasteiger partial charge in [-0.25, -0.2) is 8.78 Å². The molecule has 11 heteroatoms. The first-order valence-corrected chi connectivity index (χ1v) is 10.8. The topological polar surface area (TPSA) is 68.4 Å². The molecule has 0 fully saturated rings. The van der Waals surface area contributed by atoms with Crippen LogP contribution in [0, 0.1) is 11.6 Å². The number of amides is 1. The number of H-pyrrole nitrogens is 1. The molecule has 2 aliphatic heterocycles. The van der Waals surface area contributed by atoms with Crippen LogP contribution < -0.4 is 20.7 Å². The summed E-state index contributed by atoms with van der Waals surface area (Å²) in [6.07, 6.45) is -4.68. The highest BCUT2D eigenvalue weighted by atomic mass is 19.4. The van der Waals surface area contributed by atoms with Gasteiger partial charge >= 0.3 is 6.18 Å². The lowest BCUT2D eigenvalue weighted by Crippen LogP contribution is -2.46. The Morgan fingerprint density at radius 1 is 0.943 bits per heavy atom. The van der Waals surface area contributed by atoms with E-state index in [2.05, 4.69) is 10.3 Å². The molecule has 5 rings (SSSR count). The molecule has 6 nitrogen and oxygen atoms in total. The van der Waals surface area contributed by atoms with Crippen LogP contribution in [0.25, 0.3) is 0 Å². The Hall–Kier alpha value is -3.73. The summed E-state index contributed by atoms with van der Waals surface area (Å²) >= 11 is 0. The molecule has 3 heterocycles. The van der Waals surface area contributed by atoms with Crippen molar-refractivity contribution in [2.45, 2.75) is 25.6 Å². The van der Waals surface area contributed by atoms with Crippen molar-refractivity contribution in [1.82, 2.24) is 10.3 Å². The molecular weight excluding hydrogens is 471 g/mol. The molecule has 2 bridgehead atoms. The Morgan fingerprint density at radius 2 is 1.69 bits per heavy atom. The van der Waals surface area contributed by atoms with Gasteiger partial charge in [0.15, 0.2) is 0 Å². The van der Waals surface area contributed by atoms with Crippen molar-refractivity contribution in [3.05, 3.63) is 86.8 Å². The van der Waals surface area contributed by atoms with Gasteiger partial charge in [-0.05, 0) is 48.9 Å². The quantitative estimate of drug-likeness (QED) is 0.451. The Bertz CT molecular complexity index is 1400. The Morgan fingerprint density at radius 3 is 2.43 bits per heavy atom. The first-order chi connectivity index (χ1) is 16.5. The number of aromatic nitrogens is 1. The maximum atomic E-state index is 14.6. The van der Waals surface area contributed by atoms with E-state index in [0.717, 1.165) is 0 Å². The lowest BCUT2D eigenvalue weighted by molar-refractivity contribution is -0.139. The number of carbonyl (C=O) groups is 1. The van der Waals surface area contributed by atoms with Crippen LogP contribution in [0.1, 0.15) is 40.1 Å². The van der Waals surface area contributed by atoms with Crippen molar-refractivity contribution in [3.8, 4) is 0 Å². The van der Waals surface area contributed by atoms with E-state index in [1.165, 1.54) is 40.1 Å². The third-order valence-electron chi connectivity index (χ3n) is 6.28. The molecule has 0 spiro atoms. The van der Waals surface area contributed by atoms with Crippen LogP contribution in [0.4, 0.5) is 39.0 Å². The summed E-state index contributed by atoms with van der Waals surface area (Å²) in [5.41, 5.74) is -0.755. The third-order valence-corrected chi connectivity index (χ3v) is 6.28. The molecule has 1 unspecified atom stereocenters. The molecule has 1 aromatic heterocycles. The normalized spacial score (nSPS) is 17.9. The smallest absolute Gasteiger partial charge is 0.324 e. The number of alkyl halides is 3. The Labute approximate surface area is 196 Å². The number of fused-ring (bicyclic) bond motifs is 8. The summed E-state index contributed by atoms with van der Waals surface area (Å²) in [5.74, 6) is -2.84. The fraction of sp³-hybridized carbons (Fsp3) is 0.250. The van der Waals surface area contributed by atoms with Gasteiger partial charge in [0.1, 0.15) is 18.3 Å². The predicted octanol–water partition coefficient (Wildman–Crippen LogP) is 4.63. The second-order valence-corrected chi connectivity index (χ2v) is 8.46. The van der Waals surface area contributed by atoms with Crippen LogP contribution >= 0.6 is 0 Å². The highest BCUT2D eigenvalue weighted by Crippen LogP contribution is 2.43. The van der Waals surface area contributed by atoms with Crippen LogP contribution in [-0.2, 0) is 12.6 Å². The van der Waals surface area contributed by atoms with Gasteiger partial charge in [0.05, 0.1) is 22.5 Å². The number of nitrogens with one attached hydrogen (secondary N) is 2. The molecule has 0 saturated carbocycles. The van der Waals surface area contributed by atoms with Gasteiger partial charge in [-0.1, -0.05) is 0 Å². The van der Waals surface area contributed by atoms with Crippen molar-refractivity contribution < 1.29 is 26.7 Å². The van der Waals surface area contributed by atoms with E-state index in [-0.39, 0.29) is 23.5 Å². The zero-order valence-corrected chi connectivity index (χ0v) is 18.3. The second kappa shape index (κ2) is 8.19. The molecule has 2 N–H and O–H groups in total. The molecular formula is C24H19F5N4O2. The number of halogens is 5. The summed E-state index contributed by atoms with van der Waals surface area (Å²) in [7, 11) is 0. The van der Waals surface area contributed by atoms with Crippen LogP contribution in [0.2, 0.25) is 0 Å². The summed E-state index contributed by atoms with van der Waals surface area (Å²) in [4.78, 5) is 30.8. The van der Waals surface area contributed by atoms with Crippen LogP contribution in [0.15, 0.2) is 47.3 Å². The van der Waals surface area contributed by atoms with Gasteiger partial charge in [-0.3, -0.25) is 14.5 Å². The zero-order valence-electron chi connectivity index (χ0n) is 18.3. The van der Waals surface area contributed by atoms with E-state index in [1.54, 1.807) is 6.92 Å². The van der Waals surface area contributed by atoms with Crippen LogP contribution in [-0.4, -0.2) is 24.1 Å². The van der Waals surface area contributed by atoms with Crippen molar-refractivity contribution in [2.24, 2.45) is 0 Å². The van der Waals surface area contributed by atoms with E-state index < -0.39 is 35.3 Å². The van der Waals surface area contributed by atoms with E-state index in [9.17, 15) is 31.5 Å². The van der Waals surface area contributed by atoms with Gasteiger partial charge in [-0.15, -0.1) is 0 Å². The van der Waals surface area contributed by atoms with Gasteiger partial charge in [0.25, 0.3) is 5.91 Å². The predicted molar refractivity (Wildman–Crippen MR) is 119 cm³/mol. The number of carbonyl (C=O) groups excluding carboxylic acids is 1. The molecule has 0 aliphatic carbocycles.